The van der Waals surface area contributed by atoms with E-state index >= 15 is 0 Å². The summed E-state index contributed by atoms with van der Waals surface area (Å²) in [5.74, 6) is -3.77. The number of aliphatic imine (C=N–C) groups is 1. The first kappa shape index (κ1) is 27.1. The van der Waals surface area contributed by atoms with Gasteiger partial charge in [0.1, 0.15) is 18.1 Å². The lowest BCUT2D eigenvalue weighted by Crippen LogP contribution is -2.58. The van der Waals surface area contributed by atoms with Gasteiger partial charge in [-0.3, -0.25) is 24.2 Å². The molecule has 0 bridgehead atoms. The summed E-state index contributed by atoms with van der Waals surface area (Å²) in [5, 5.41) is 25.2. The third-order valence-corrected chi connectivity index (χ3v) is 4.14. The number of carboxylic acids is 1. The van der Waals surface area contributed by atoms with Gasteiger partial charge in [-0.05, 0) is 25.7 Å². The lowest BCUT2D eigenvalue weighted by atomic mass is 10.0. The maximum atomic E-state index is 12.6. The van der Waals surface area contributed by atoms with Crippen LogP contribution in [-0.2, 0) is 19.2 Å². The molecule has 172 valence electrons. The summed E-state index contributed by atoms with van der Waals surface area (Å²) in [6.07, 6.45) is 0.462. The molecule has 0 aliphatic rings. The molecule has 0 rings (SSSR count). The van der Waals surface area contributed by atoms with Crippen LogP contribution in [0.1, 0.15) is 33.6 Å². The first-order valence-electron chi connectivity index (χ1n) is 9.46. The van der Waals surface area contributed by atoms with E-state index in [1.54, 1.807) is 13.8 Å². The van der Waals surface area contributed by atoms with E-state index in [1.807, 2.05) is 0 Å². The number of nitrogens with two attached hydrogens (primary N) is 3. The smallest absolute Gasteiger partial charge is 0.325 e. The molecule has 13 nitrogen and oxygen atoms in total. The van der Waals surface area contributed by atoms with Crippen molar-refractivity contribution in [3.05, 3.63) is 0 Å². The number of hydrogen-bond acceptors (Lipinski definition) is 7. The number of aliphatic hydroxyl groups is 1. The molecular formula is C17H33N7O6. The van der Waals surface area contributed by atoms with Crippen LogP contribution < -0.4 is 33.2 Å². The zero-order valence-corrected chi connectivity index (χ0v) is 17.4. The lowest BCUT2D eigenvalue weighted by Gasteiger charge is -2.24. The normalized spacial score (nSPS) is 14.7. The zero-order chi connectivity index (χ0) is 23.4. The molecule has 0 saturated heterocycles. The lowest BCUT2D eigenvalue weighted by molar-refractivity contribution is -0.142. The molecule has 0 aromatic heterocycles. The van der Waals surface area contributed by atoms with Gasteiger partial charge in [-0.1, -0.05) is 13.8 Å². The van der Waals surface area contributed by atoms with Crippen molar-refractivity contribution in [2.45, 2.75) is 57.8 Å². The second-order valence-electron chi connectivity index (χ2n) is 7.09. The Kier molecular flexibility index (Phi) is 12.0. The van der Waals surface area contributed by atoms with Crippen molar-refractivity contribution >= 4 is 29.7 Å². The van der Waals surface area contributed by atoms with Crippen LogP contribution in [-0.4, -0.2) is 77.2 Å². The monoisotopic (exact) mass is 431 g/mol. The van der Waals surface area contributed by atoms with Gasteiger partial charge in [0.15, 0.2) is 5.96 Å². The van der Waals surface area contributed by atoms with Gasteiger partial charge in [-0.15, -0.1) is 0 Å². The zero-order valence-electron chi connectivity index (χ0n) is 17.4. The Hall–Kier alpha value is -2.93. The van der Waals surface area contributed by atoms with E-state index in [1.165, 1.54) is 6.92 Å². The number of aliphatic hydroxyl groups excluding tert-OH is 1. The van der Waals surface area contributed by atoms with Gasteiger partial charge >= 0.3 is 5.97 Å². The Morgan fingerprint density at radius 3 is 1.93 bits per heavy atom. The van der Waals surface area contributed by atoms with Crippen LogP contribution >= 0.6 is 0 Å². The highest BCUT2D eigenvalue weighted by atomic mass is 16.4. The predicted molar refractivity (Wildman–Crippen MR) is 109 cm³/mol. The fourth-order valence-electron chi connectivity index (χ4n) is 2.19. The number of nitrogens with zero attached hydrogens (tertiary/aromatic N) is 1. The molecule has 0 spiro atoms. The fraction of sp³-hybridized carbons (Fsp3) is 0.706. The van der Waals surface area contributed by atoms with Gasteiger partial charge in [0.25, 0.3) is 0 Å². The Labute approximate surface area is 174 Å². The van der Waals surface area contributed by atoms with Crippen molar-refractivity contribution in [2.75, 3.05) is 13.2 Å². The van der Waals surface area contributed by atoms with Crippen LogP contribution in [0, 0.1) is 5.92 Å². The minimum Gasteiger partial charge on any atom is -0.480 e. The van der Waals surface area contributed by atoms with Crippen LogP contribution in [0.3, 0.4) is 0 Å². The second-order valence-corrected chi connectivity index (χ2v) is 7.09. The molecule has 0 aliphatic carbocycles. The predicted octanol–water partition coefficient (Wildman–Crippen LogP) is -3.43. The minimum absolute atomic E-state index is 0.119. The van der Waals surface area contributed by atoms with Gasteiger partial charge in [0.2, 0.25) is 17.7 Å². The molecular weight excluding hydrogens is 398 g/mol. The van der Waals surface area contributed by atoms with Crippen molar-refractivity contribution in [1.29, 1.82) is 0 Å². The Balaban J connectivity index is 5.21. The van der Waals surface area contributed by atoms with E-state index in [-0.39, 0.29) is 24.8 Å². The highest BCUT2D eigenvalue weighted by Crippen LogP contribution is 2.04. The van der Waals surface area contributed by atoms with Crippen molar-refractivity contribution in [3.8, 4) is 0 Å². The summed E-state index contributed by atoms with van der Waals surface area (Å²) in [6, 6.07) is -4.56. The summed E-state index contributed by atoms with van der Waals surface area (Å²) in [7, 11) is 0. The summed E-state index contributed by atoms with van der Waals surface area (Å²) in [5.41, 5.74) is 16.3. The number of carboxylic acid groups (broad SMARTS) is 1. The standard InChI is InChI=1S/C17H33N7O6/c1-8(2)12(18)15(28)23-10(5-4-6-21-17(19)20)13(26)24-11(7-25)14(27)22-9(3)16(29)30/h8-12,25H,4-7,18H2,1-3H3,(H,22,27)(H,23,28)(H,24,26)(H,29,30)(H4,19,20,21). The molecule has 0 saturated carbocycles. The quantitative estimate of drug-likeness (QED) is 0.0821. The SMILES string of the molecule is CC(NC(=O)C(CO)NC(=O)C(CCCN=C(N)N)NC(=O)C(N)C(C)C)C(=O)O. The van der Waals surface area contributed by atoms with Gasteiger partial charge < -0.3 is 43.4 Å². The Morgan fingerprint density at radius 1 is 0.933 bits per heavy atom. The van der Waals surface area contributed by atoms with Gasteiger partial charge in [-0.2, -0.15) is 0 Å². The van der Waals surface area contributed by atoms with Crippen LogP contribution in [0.2, 0.25) is 0 Å². The molecule has 30 heavy (non-hydrogen) atoms. The number of nitrogens with one attached hydrogen (secondary N) is 3. The molecule has 4 unspecified atom stereocenters. The summed E-state index contributed by atoms with van der Waals surface area (Å²) in [4.78, 5) is 51.7. The van der Waals surface area contributed by atoms with Gasteiger partial charge in [0, 0.05) is 6.54 Å². The van der Waals surface area contributed by atoms with E-state index in [2.05, 4.69) is 20.9 Å². The van der Waals surface area contributed by atoms with Crippen LogP contribution in [0.5, 0.6) is 0 Å². The van der Waals surface area contributed by atoms with E-state index in [4.69, 9.17) is 22.3 Å². The third-order valence-electron chi connectivity index (χ3n) is 4.14. The number of rotatable bonds is 13. The maximum Gasteiger partial charge on any atom is 0.325 e. The first-order chi connectivity index (χ1) is 13.9. The van der Waals surface area contributed by atoms with Crippen LogP contribution in [0.25, 0.3) is 0 Å². The van der Waals surface area contributed by atoms with Crippen LogP contribution in [0.4, 0.5) is 0 Å². The molecule has 13 heteroatoms. The molecule has 0 aromatic rings. The Morgan fingerprint density at radius 2 is 1.47 bits per heavy atom. The molecule has 3 amide bonds. The van der Waals surface area contributed by atoms with E-state index in [9.17, 15) is 24.3 Å². The maximum absolute atomic E-state index is 12.6. The van der Waals surface area contributed by atoms with Gasteiger partial charge in [0.05, 0.1) is 12.6 Å². The second kappa shape index (κ2) is 13.3. The van der Waals surface area contributed by atoms with Crippen LogP contribution in [0.15, 0.2) is 4.99 Å². The number of hydrogen-bond donors (Lipinski definition) is 8. The van der Waals surface area contributed by atoms with E-state index < -0.39 is 54.5 Å². The van der Waals surface area contributed by atoms with Crippen molar-refractivity contribution in [3.63, 3.8) is 0 Å². The van der Waals surface area contributed by atoms with E-state index in [0.717, 1.165) is 0 Å². The van der Waals surface area contributed by atoms with Crippen molar-refractivity contribution < 1.29 is 29.4 Å². The average Bonchev–Trinajstić information content (AvgIpc) is 2.66. The number of carbonyl (C=O) groups excluding carboxylic acids is 3. The number of carbonyl (C=O) groups is 4. The van der Waals surface area contributed by atoms with Crippen molar-refractivity contribution in [2.24, 2.45) is 28.1 Å². The number of aliphatic carboxylic acids is 1. The van der Waals surface area contributed by atoms with Crippen molar-refractivity contribution in [1.82, 2.24) is 16.0 Å². The summed E-state index contributed by atoms with van der Waals surface area (Å²) < 4.78 is 0. The number of amides is 3. The topological polar surface area (TPSA) is 235 Å². The third kappa shape index (κ3) is 10.0. The fourth-order valence-corrected chi connectivity index (χ4v) is 2.19. The largest absolute Gasteiger partial charge is 0.480 e. The molecule has 0 aliphatic heterocycles. The molecule has 0 fully saturated rings. The van der Waals surface area contributed by atoms with Gasteiger partial charge in [-0.25, -0.2) is 0 Å². The average molecular weight is 431 g/mol. The molecule has 4 atom stereocenters. The summed E-state index contributed by atoms with van der Waals surface area (Å²) in [6.45, 7) is 4.15. The molecule has 0 radical (unpaired) electrons. The molecule has 0 aromatic carbocycles. The number of guanidine groups is 1. The highest BCUT2D eigenvalue weighted by Gasteiger charge is 2.29. The first-order valence-corrected chi connectivity index (χ1v) is 9.46. The van der Waals surface area contributed by atoms with E-state index in [0.29, 0.717) is 6.42 Å². The molecule has 11 N–H and O–H groups in total. The Bertz CT molecular complexity index is 636. The summed E-state index contributed by atoms with van der Waals surface area (Å²) >= 11 is 0. The minimum atomic E-state index is -1.41. The molecule has 0 heterocycles. The highest BCUT2D eigenvalue weighted by molar-refractivity contribution is 5.94.